The van der Waals surface area contributed by atoms with Gasteiger partial charge in [-0.3, -0.25) is 4.79 Å². The van der Waals surface area contributed by atoms with Crippen LogP contribution in [-0.2, 0) is 4.79 Å². The summed E-state index contributed by atoms with van der Waals surface area (Å²) >= 11 is 0. The molecular weight excluding hydrogens is 192 g/mol. The second-order valence-corrected chi connectivity index (χ2v) is 3.88. The predicted molar refractivity (Wildman–Crippen MR) is 56.9 cm³/mol. The second-order valence-electron chi connectivity index (χ2n) is 3.88. The molecule has 1 heterocycles. The molecule has 15 heavy (non-hydrogen) atoms. The van der Waals surface area contributed by atoms with E-state index in [9.17, 15) is 4.79 Å². The fourth-order valence-electron chi connectivity index (χ4n) is 2.01. The Morgan fingerprint density at radius 1 is 1.47 bits per heavy atom. The minimum Gasteiger partial charge on any atom is -0.410 e. The fraction of sp³-hybridized carbons (Fsp3) is 0.455. The van der Waals surface area contributed by atoms with E-state index in [0.717, 1.165) is 24.8 Å². The number of oxime groups is 1. The first-order valence-corrected chi connectivity index (χ1v) is 5.10. The van der Waals surface area contributed by atoms with Gasteiger partial charge in [0.25, 0.3) is 5.91 Å². The number of rotatable bonds is 0. The van der Waals surface area contributed by atoms with Gasteiger partial charge in [0.1, 0.15) is 0 Å². The van der Waals surface area contributed by atoms with E-state index >= 15 is 0 Å². The summed E-state index contributed by atoms with van der Waals surface area (Å²) in [4.78, 5) is 13.4. The summed E-state index contributed by atoms with van der Waals surface area (Å²) in [7, 11) is 1.73. The van der Waals surface area contributed by atoms with Crippen molar-refractivity contribution in [2.75, 3.05) is 13.6 Å². The fourth-order valence-corrected chi connectivity index (χ4v) is 2.01. The van der Waals surface area contributed by atoms with Crippen LogP contribution >= 0.6 is 0 Å². The van der Waals surface area contributed by atoms with Crippen LogP contribution in [0, 0.1) is 0 Å². The monoisotopic (exact) mass is 206 g/mol. The molecule has 0 radical (unpaired) electrons. The van der Waals surface area contributed by atoms with Gasteiger partial charge in [-0.25, -0.2) is 0 Å². The Bertz CT molecular complexity index is 380. The number of nitrogens with zero attached hydrogens (tertiary/aromatic N) is 2. The van der Waals surface area contributed by atoms with Crippen LogP contribution in [0.2, 0.25) is 0 Å². The normalized spacial score (nSPS) is 24.5. The summed E-state index contributed by atoms with van der Waals surface area (Å²) in [6.45, 7) is 0.699. The number of carbonyl (C=O) groups is 1. The molecule has 1 aliphatic carbocycles. The molecule has 1 aliphatic heterocycles. The van der Waals surface area contributed by atoms with Gasteiger partial charge in [-0.15, -0.1) is 0 Å². The third-order valence-electron chi connectivity index (χ3n) is 2.93. The first-order valence-electron chi connectivity index (χ1n) is 5.10. The summed E-state index contributed by atoms with van der Waals surface area (Å²) in [6.07, 6.45) is 6.76. The summed E-state index contributed by atoms with van der Waals surface area (Å²) in [5.41, 5.74) is 2.22. The van der Waals surface area contributed by atoms with Crippen LogP contribution in [0.1, 0.15) is 19.3 Å². The molecule has 80 valence electrons. The van der Waals surface area contributed by atoms with Crippen LogP contribution in [0.4, 0.5) is 0 Å². The molecule has 0 fully saturated rings. The van der Waals surface area contributed by atoms with E-state index in [-0.39, 0.29) is 11.6 Å². The molecule has 4 heteroatoms. The smallest absolute Gasteiger partial charge is 0.276 e. The predicted octanol–water partition coefficient (Wildman–Crippen LogP) is 1.33. The third-order valence-corrected chi connectivity index (χ3v) is 2.93. The van der Waals surface area contributed by atoms with Crippen molar-refractivity contribution in [1.82, 2.24) is 4.90 Å². The molecule has 0 spiro atoms. The molecular formula is C11H14N2O2. The quantitative estimate of drug-likeness (QED) is 0.480. The van der Waals surface area contributed by atoms with Crippen molar-refractivity contribution in [2.24, 2.45) is 5.16 Å². The maximum absolute atomic E-state index is 11.8. The molecule has 1 N–H and O–H groups in total. The lowest BCUT2D eigenvalue weighted by Crippen LogP contribution is -2.32. The molecule has 0 unspecified atom stereocenters. The van der Waals surface area contributed by atoms with Crippen LogP contribution in [0.25, 0.3) is 0 Å². The Kier molecular flexibility index (Phi) is 2.58. The average Bonchev–Trinajstić information content (AvgIpc) is 2.38. The number of hydrogen-bond donors (Lipinski definition) is 1. The minimum atomic E-state index is -0.200. The molecule has 0 aromatic rings. The Labute approximate surface area is 88.6 Å². The molecule has 0 bridgehead atoms. The summed E-state index contributed by atoms with van der Waals surface area (Å²) in [5, 5.41) is 12.1. The van der Waals surface area contributed by atoms with Crippen LogP contribution in [-0.4, -0.2) is 35.3 Å². The van der Waals surface area contributed by atoms with Crippen LogP contribution in [0.15, 0.2) is 28.5 Å². The zero-order valence-corrected chi connectivity index (χ0v) is 8.73. The van der Waals surface area contributed by atoms with Gasteiger partial charge >= 0.3 is 0 Å². The maximum atomic E-state index is 11.8. The van der Waals surface area contributed by atoms with Crippen LogP contribution in [0.5, 0.6) is 0 Å². The molecule has 0 saturated heterocycles. The number of amides is 1. The summed E-state index contributed by atoms with van der Waals surface area (Å²) in [5.74, 6) is -0.200. The number of carbonyl (C=O) groups excluding carboxylic acids is 1. The third kappa shape index (κ3) is 1.67. The molecule has 1 amide bonds. The Morgan fingerprint density at radius 2 is 2.27 bits per heavy atom. The van der Waals surface area contributed by atoms with E-state index in [1.54, 1.807) is 11.9 Å². The van der Waals surface area contributed by atoms with Crippen molar-refractivity contribution < 1.29 is 10.0 Å². The number of allylic oxidation sites excluding steroid dienone is 2. The first-order chi connectivity index (χ1) is 7.24. The molecule has 0 saturated carbocycles. The minimum absolute atomic E-state index is 0.181. The molecule has 0 aromatic carbocycles. The van der Waals surface area contributed by atoms with E-state index < -0.39 is 0 Å². The highest BCUT2D eigenvalue weighted by atomic mass is 16.4. The van der Waals surface area contributed by atoms with Crippen molar-refractivity contribution in [3.05, 3.63) is 23.3 Å². The Hall–Kier alpha value is -1.58. The summed E-state index contributed by atoms with van der Waals surface area (Å²) in [6, 6.07) is 0. The molecule has 4 nitrogen and oxygen atoms in total. The van der Waals surface area contributed by atoms with Gasteiger partial charge in [0.15, 0.2) is 5.71 Å². The van der Waals surface area contributed by atoms with E-state index in [1.165, 1.54) is 5.57 Å². The van der Waals surface area contributed by atoms with Crippen LogP contribution in [0.3, 0.4) is 0 Å². The van der Waals surface area contributed by atoms with E-state index in [4.69, 9.17) is 5.21 Å². The van der Waals surface area contributed by atoms with Gasteiger partial charge in [-0.2, -0.15) is 0 Å². The van der Waals surface area contributed by atoms with Gasteiger partial charge in [0.05, 0.1) is 0 Å². The van der Waals surface area contributed by atoms with Crippen molar-refractivity contribution in [2.45, 2.75) is 19.3 Å². The zero-order chi connectivity index (χ0) is 10.8. The second kappa shape index (κ2) is 3.88. The van der Waals surface area contributed by atoms with Gasteiger partial charge in [-0.1, -0.05) is 22.9 Å². The molecule has 2 rings (SSSR count). The first kappa shape index (κ1) is 9.96. The van der Waals surface area contributed by atoms with Crippen molar-refractivity contribution in [1.29, 1.82) is 0 Å². The zero-order valence-electron chi connectivity index (χ0n) is 8.73. The highest BCUT2D eigenvalue weighted by Gasteiger charge is 2.26. The lowest BCUT2D eigenvalue weighted by molar-refractivity contribution is -0.122. The standard InChI is InChI=1S/C11H14N2O2/c1-13-7-6-8-4-2-3-5-9(8)10(12-15)11(13)14/h3,5,15H,2,4,6-7H2,1H3/b12-10-. The maximum Gasteiger partial charge on any atom is 0.276 e. The lowest BCUT2D eigenvalue weighted by atomic mass is 9.93. The molecule has 0 atom stereocenters. The Balaban J connectivity index is 2.45. The van der Waals surface area contributed by atoms with E-state index in [0.29, 0.717) is 6.54 Å². The highest BCUT2D eigenvalue weighted by molar-refractivity contribution is 6.46. The van der Waals surface area contributed by atoms with E-state index in [2.05, 4.69) is 5.16 Å². The SMILES string of the molecule is CN1CCC2=C(C=CCC2)/C(=N/O)C1=O. The van der Waals surface area contributed by atoms with Crippen molar-refractivity contribution in [3.8, 4) is 0 Å². The topological polar surface area (TPSA) is 52.9 Å². The van der Waals surface area contributed by atoms with Crippen molar-refractivity contribution >= 4 is 11.6 Å². The molecule has 0 aromatic heterocycles. The van der Waals surface area contributed by atoms with E-state index in [1.807, 2.05) is 12.2 Å². The molecule has 2 aliphatic rings. The van der Waals surface area contributed by atoms with Gasteiger partial charge in [0, 0.05) is 19.2 Å². The average molecular weight is 206 g/mol. The largest absolute Gasteiger partial charge is 0.410 e. The highest BCUT2D eigenvalue weighted by Crippen LogP contribution is 2.26. The van der Waals surface area contributed by atoms with Crippen LogP contribution < -0.4 is 0 Å². The summed E-state index contributed by atoms with van der Waals surface area (Å²) < 4.78 is 0. The number of hydrogen-bond acceptors (Lipinski definition) is 3. The van der Waals surface area contributed by atoms with Gasteiger partial charge in [0.2, 0.25) is 0 Å². The lowest BCUT2D eigenvalue weighted by Gasteiger charge is -2.13. The van der Waals surface area contributed by atoms with Gasteiger partial charge in [-0.05, 0) is 19.3 Å². The Morgan fingerprint density at radius 3 is 3.00 bits per heavy atom. The van der Waals surface area contributed by atoms with Crippen molar-refractivity contribution in [3.63, 3.8) is 0 Å². The van der Waals surface area contributed by atoms with Gasteiger partial charge < -0.3 is 10.1 Å².